The molecule has 0 saturated carbocycles. The molecule has 0 radical (unpaired) electrons. The van der Waals surface area contributed by atoms with Crippen molar-refractivity contribution < 1.29 is 9.47 Å². The van der Waals surface area contributed by atoms with E-state index in [1.54, 1.807) is 7.11 Å². The summed E-state index contributed by atoms with van der Waals surface area (Å²) in [5.41, 5.74) is 9.15. The highest BCUT2D eigenvalue weighted by atomic mass is 79.9. The van der Waals surface area contributed by atoms with Crippen molar-refractivity contribution in [3.63, 3.8) is 0 Å². The molecule has 0 heterocycles. The Bertz CT molecular complexity index is 1050. The number of ether oxygens (including phenoxy) is 2. The van der Waals surface area contributed by atoms with Crippen LogP contribution in [-0.2, 0) is 12.0 Å². The predicted octanol–water partition coefficient (Wildman–Crippen LogP) is 6.33. The number of methoxy groups -OCH3 is 1. The Balaban J connectivity index is 2.00. The highest BCUT2D eigenvalue weighted by Gasteiger charge is 2.39. The Morgan fingerprint density at radius 1 is 0.719 bits per heavy atom. The van der Waals surface area contributed by atoms with Gasteiger partial charge in [-0.1, -0.05) is 107 Å². The lowest BCUT2D eigenvalue weighted by atomic mass is 9.80. The molecule has 162 valence electrons. The number of hydrogen-bond donors (Lipinski definition) is 1. The van der Waals surface area contributed by atoms with Gasteiger partial charge in [0.15, 0.2) is 17.1 Å². The van der Waals surface area contributed by atoms with Gasteiger partial charge in [0, 0.05) is 21.2 Å². The topological polar surface area (TPSA) is 44.5 Å². The Labute approximate surface area is 197 Å². The van der Waals surface area contributed by atoms with Gasteiger partial charge in [0.1, 0.15) is 0 Å². The lowest BCUT2D eigenvalue weighted by Crippen LogP contribution is -2.36. The maximum Gasteiger partial charge on any atom is 0.184 e. The van der Waals surface area contributed by atoms with E-state index < -0.39 is 5.60 Å². The van der Waals surface area contributed by atoms with E-state index in [1.165, 1.54) is 0 Å². The van der Waals surface area contributed by atoms with Crippen molar-refractivity contribution in [3.8, 4) is 11.5 Å². The third kappa shape index (κ3) is 4.29. The molecule has 0 spiro atoms. The van der Waals surface area contributed by atoms with Gasteiger partial charge in [0.25, 0.3) is 0 Å². The first-order valence-electron chi connectivity index (χ1n) is 10.6. The summed E-state index contributed by atoms with van der Waals surface area (Å²) < 4.78 is 13.7. The van der Waals surface area contributed by atoms with Crippen molar-refractivity contribution in [1.29, 1.82) is 0 Å². The molecule has 0 unspecified atom stereocenters. The van der Waals surface area contributed by atoms with Crippen LogP contribution in [0.25, 0.3) is 0 Å². The monoisotopic (exact) mass is 487 g/mol. The van der Waals surface area contributed by atoms with Crippen LogP contribution in [0.5, 0.6) is 11.5 Å². The zero-order valence-corrected chi connectivity index (χ0v) is 19.6. The van der Waals surface area contributed by atoms with Crippen molar-refractivity contribution in [1.82, 2.24) is 0 Å². The van der Waals surface area contributed by atoms with Crippen molar-refractivity contribution >= 4 is 15.9 Å². The molecule has 32 heavy (non-hydrogen) atoms. The van der Waals surface area contributed by atoms with Crippen LogP contribution in [0.1, 0.15) is 22.3 Å². The predicted molar refractivity (Wildman–Crippen MR) is 133 cm³/mol. The summed E-state index contributed by atoms with van der Waals surface area (Å²) in [6, 6.07) is 34.9. The number of halogens is 1. The van der Waals surface area contributed by atoms with Gasteiger partial charge in [-0.05, 0) is 30.7 Å². The third-order valence-electron chi connectivity index (χ3n) is 5.55. The van der Waals surface area contributed by atoms with E-state index in [0.717, 1.165) is 33.1 Å². The summed E-state index contributed by atoms with van der Waals surface area (Å²) in [5, 5.41) is 0. The summed E-state index contributed by atoms with van der Waals surface area (Å²) in [6.07, 6.45) is 0.732. The molecule has 0 aliphatic carbocycles. The molecule has 4 aromatic rings. The average molecular weight is 488 g/mol. The maximum atomic E-state index is 7.04. The largest absolute Gasteiger partial charge is 0.493 e. The molecular formula is C28H26BrNO2. The lowest BCUT2D eigenvalue weighted by Gasteiger charge is -2.37. The molecule has 0 atom stereocenters. The third-order valence-corrected chi connectivity index (χ3v) is 6.29. The summed E-state index contributed by atoms with van der Waals surface area (Å²) in [7, 11) is 1.66. The molecule has 0 saturated heterocycles. The fraction of sp³-hybridized carbons (Fsp3) is 0.143. The van der Waals surface area contributed by atoms with Gasteiger partial charge >= 0.3 is 0 Å². The van der Waals surface area contributed by atoms with Crippen LogP contribution in [0.3, 0.4) is 0 Å². The first-order valence-corrected chi connectivity index (χ1v) is 11.4. The van der Waals surface area contributed by atoms with Crippen molar-refractivity contribution in [2.24, 2.45) is 5.73 Å². The van der Waals surface area contributed by atoms with Crippen molar-refractivity contribution in [2.75, 3.05) is 13.7 Å². The minimum atomic E-state index is -0.870. The Morgan fingerprint density at radius 2 is 1.19 bits per heavy atom. The molecule has 3 nitrogen and oxygen atoms in total. The SMILES string of the molecule is COc1cc(Br)c(CCN)cc1OC(c1ccccc1)(c1ccccc1)c1ccccc1. The molecule has 4 aromatic carbocycles. The van der Waals surface area contributed by atoms with E-state index in [-0.39, 0.29) is 0 Å². The molecule has 4 rings (SSSR count). The number of rotatable bonds is 8. The molecule has 0 aliphatic heterocycles. The number of benzene rings is 4. The molecular weight excluding hydrogens is 462 g/mol. The fourth-order valence-corrected chi connectivity index (χ4v) is 4.54. The minimum absolute atomic E-state index is 0.547. The highest BCUT2D eigenvalue weighted by molar-refractivity contribution is 9.10. The smallest absolute Gasteiger partial charge is 0.184 e. The minimum Gasteiger partial charge on any atom is -0.493 e. The molecule has 4 heteroatoms. The fourth-order valence-electron chi connectivity index (χ4n) is 4.02. The second-order valence-corrected chi connectivity index (χ2v) is 8.37. The van der Waals surface area contributed by atoms with Crippen LogP contribution in [0, 0.1) is 0 Å². The first-order chi connectivity index (χ1) is 15.7. The van der Waals surface area contributed by atoms with Crippen molar-refractivity contribution in [2.45, 2.75) is 12.0 Å². The second kappa shape index (κ2) is 10.0. The van der Waals surface area contributed by atoms with E-state index in [4.69, 9.17) is 15.2 Å². The van der Waals surface area contributed by atoms with Crippen LogP contribution < -0.4 is 15.2 Å². The molecule has 0 aliphatic rings. The van der Waals surface area contributed by atoms with Crippen LogP contribution in [0.15, 0.2) is 108 Å². The van der Waals surface area contributed by atoms with Gasteiger partial charge in [0.05, 0.1) is 7.11 Å². The first kappa shape index (κ1) is 22.1. The van der Waals surface area contributed by atoms with Gasteiger partial charge in [-0.15, -0.1) is 0 Å². The maximum absolute atomic E-state index is 7.04. The van der Waals surface area contributed by atoms with Gasteiger partial charge < -0.3 is 15.2 Å². The molecule has 0 amide bonds. The standard InChI is InChI=1S/C28H26BrNO2/c1-31-26-20-25(29)21(17-18-30)19-27(26)32-28(22-11-5-2-6-12-22,23-13-7-3-8-14-23)24-15-9-4-10-16-24/h2-16,19-20H,17-18,30H2,1H3. The quantitative estimate of drug-likeness (QED) is 0.295. The molecule has 0 fully saturated rings. The summed E-state index contributed by atoms with van der Waals surface area (Å²) >= 11 is 3.65. The normalized spacial score (nSPS) is 11.2. The average Bonchev–Trinajstić information content (AvgIpc) is 2.86. The summed E-state index contributed by atoms with van der Waals surface area (Å²) in [5.74, 6) is 1.32. The van der Waals surface area contributed by atoms with E-state index in [2.05, 4.69) is 52.3 Å². The zero-order valence-electron chi connectivity index (χ0n) is 18.0. The van der Waals surface area contributed by atoms with E-state index in [9.17, 15) is 0 Å². The van der Waals surface area contributed by atoms with Crippen LogP contribution in [-0.4, -0.2) is 13.7 Å². The van der Waals surface area contributed by atoms with Crippen LogP contribution >= 0.6 is 15.9 Å². The summed E-state index contributed by atoms with van der Waals surface area (Å²) in [4.78, 5) is 0. The summed E-state index contributed by atoms with van der Waals surface area (Å²) in [6.45, 7) is 0.547. The molecule has 0 bridgehead atoms. The van der Waals surface area contributed by atoms with Gasteiger partial charge in [-0.2, -0.15) is 0 Å². The number of hydrogen-bond acceptors (Lipinski definition) is 3. The molecule has 2 N–H and O–H groups in total. The van der Waals surface area contributed by atoms with E-state index in [1.807, 2.05) is 66.7 Å². The lowest BCUT2D eigenvalue weighted by molar-refractivity contribution is 0.148. The Hall–Kier alpha value is -3.08. The molecule has 0 aromatic heterocycles. The van der Waals surface area contributed by atoms with Gasteiger partial charge in [-0.3, -0.25) is 0 Å². The Kier molecular flexibility index (Phi) is 6.93. The number of nitrogens with two attached hydrogens (primary N) is 1. The van der Waals surface area contributed by atoms with Crippen LogP contribution in [0.2, 0.25) is 0 Å². The van der Waals surface area contributed by atoms with Crippen LogP contribution in [0.4, 0.5) is 0 Å². The highest BCUT2D eigenvalue weighted by Crippen LogP contribution is 2.44. The zero-order chi connectivity index (χ0) is 22.4. The van der Waals surface area contributed by atoms with E-state index >= 15 is 0 Å². The second-order valence-electron chi connectivity index (χ2n) is 7.51. The van der Waals surface area contributed by atoms with Gasteiger partial charge in [-0.25, -0.2) is 0 Å². The Morgan fingerprint density at radius 3 is 1.59 bits per heavy atom. The van der Waals surface area contributed by atoms with Crippen molar-refractivity contribution in [3.05, 3.63) is 130 Å². The van der Waals surface area contributed by atoms with Gasteiger partial charge in [0.2, 0.25) is 0 Å². The van der Waals surface area contributed by atoms with E-state index in [0.29, 0.717) is 18.0 Å².